The Labute approximate surface area is 199 Å². The minimum Gasteiger partial charge on any atom is -0.493 e. The molecule has 5 nitrogen and oxygen atoms in total. The number of methoxy groups -OCH3 is 2. The summed E-state index contributed by atoms with van der Waals surface area (Å²) in [4.78, 5) is 5.93. The van der Waals surface area contributed by atoms with Gasteiger partial charge in [0.2, 0.25) is 0 Å². The number of hydrogen-bond donors (Lipinski definition) is 2. The van der Waals surface area contributed by atoms with Crippen molar-refractivity contribution in [3.8, 4) is 11.5 Å². The van der Waals surface area contributed by atoms with Crippen molar-refractivity contribution < 1.29 is 9.47 Å². The fourth-order valence-electron chi connectivity index (χ4n) is 4.78. The van der Waals surface area contributed by atoms with Crippen LogP contribution in [0.1, 0.15) is 22.7 Å². The lowest BCUT2D eigenvalue weighted by Gasteiger charge is -2.38. The number of rotatable bonds is 7. The van der Waals surface area contributed by atoms with Gasteiger partial charge in [0.1, 0.15) is 0 Å². The lowest BCUT2D eigenvalue weighted by Crippen LogP contribution is -2.39. The van der Waals surface area contributed by atoms with Crippen LogP contribution in [0.5, 0.6) is 11.5 Å². The van der Waals surface area contributed by atoms with E-state index in [9.17, 15) is 0 Å². The van der Waals surface area contributed by atoms with Crippen LogP contribution >= 0.6 is 11.6 Å². The van der Waals surface area contributed by atoms with Crippen LogP contribution in [-0.2, 0) is 12.8 Å². The first kappa shape index (κ1) is 21.7. The third-order valence-electron chi connectivity index (χ3n) is 6.53. The summed E-state index contributed by atoms with van der Waals surface area (Å²) in [5, 5.41) is 5.59. The van der Waals surface area contributed by atoms with Crippen LogP contribution in [0.25, 0.3) is 10.9 Å². The van der Waals surface area contributed by atoms with Crippen LogP contribution in [0, 0.1) is 0 Å². The predicted octanol–water partition coefficient (Wildman–Crippen LogP) is 6.05. The third kappa shape index (κ3) is 4.39. The number of H-pyrrole nitrogens is 1. The summed E-state index contributed by atoms with van der Waals surface area (Å²) in [7, 11) is 3.39. The van der Waals surface area contributed by atoms with Gasteiger partial charge < -0.3 is 19.8 Å². The van der Waals surface area contributed by atoms with Gasteiger partial charge in [0.15, 0.2) is 11.5 Å². The van der Waals surface area contributed by atoms with Gasteiger partial charge in [-0.2, -0.15) is 0 Å². The zero-order valence-electron chi connectivity index (χ0n) is 18.9. The van der Waals surface area contributed by atoms with Gasteiger partial charge in [-0.3, -0.25) is 4.90 Å². The largest absolute Gasteiger partial charge is 0.493 e. The molecule has 0 radical (unpaired) electrons. The number of hydrogen-bond acceptors (Lipinski definition) is 4. The molecule has 2 N–H and O–H groups in total. The summed E-state index contributed by atoms with van der Waals surface area (Å²) in [5.74, 6) is 1.56. The highest BCUT2D eigenvalue weighted by molar-refractivity contribution is 6.30. The lowest BCUT2D eigenvalue weighted by molar-refractivity contribution is 0.196. The van der Waals surface area contributed by atoms with Crippen LogP contribution in [0.4, 0.5) is 5.69 Å². The summed E-state index contributed by atoms with van der Waals surface area (Å²) < 4.78 is 11.2. The minimum absolute atomic E-state index is 0.201. The molecule has 0 saturated carbocycles. The molecule has 6 heteroatoms. The number of para-hydroxylation sites is 1. The second kappa shape index (κ2) is 9.38. The van der Waals surface area contributed by atoms with E-state index in [1.165, 1.54) is 27.6 Å². The van der Waals surface area contributed by atoms with Gasteiger partial charge >= 0.3 is 0 Å². The molecule has 0 aliphatic carbocycles. The highest BCUT2D eigenvalue weighted by Gasteiger charge is 2.30. The number of anilines is 1. The fraction of sp³-hybridized carbons (Fsp3) is 0.259. The van der Waals surface area contributed by atoms with E-state index in [1.54, 1.807) is 14.2 Å². The smallest absolute Gasteiger partial charge is 0.161 e. The average Bonchev–Trinajstić information content (AvgIpc) is 3.26. The van der Waals surface area contributed by atoms with Crippen molar-refractivity contribution in [1.82, 2.24) is 9.88 Å². The minimum atomic E-state index is 0.201. The van der Waals surface area contributed by atoms with Crippen molar-refractivity contribution in [1.29, 1.82) is 0 Å². The van der Waals surface area contributed by atoms with Crippen LogP contribution in [0.15, 0.2) is 66.9 Å². The molecule has 1 aliphatic heterocycles. The molecule has 0 amide bonds. The number of aromatic nitrogens is 1. The van der Waals surface area contributed by atoms with Gasteiger partial charge in [0.25, 0.3) is 0 Å². The molecule has 0 fully saturated rings. The molecule has 0 spiro atoms. The molecule has 0 bridgehead atoms. The summed E-state index contributed by atoms with van der Waals surface area (Å²) in [5.41, 5.74) is 6.15. The van der Waals surface area contributed by atoms with E-state index in [-0.39, 0.29) is 6.04 Å². The standard InChI is InChI=1S/C27H28ClN3O2/c1-32-26-14-18-11-12-31(17-30-21-9-7-20(28)8-10-21)25(23(18)15-27(26)33-2)13-19-16-29-24-6-4-3-5-22(19)24/h3-10,14-16,25,29-30H,11-13,17H2,1-2H3/t25-/m1/s1. The molecule has 2 heterocycles. The highest BCUT2D eigenvalue weighted by Crippen LogP contribution is 2.40. The third-order valence-corrected chi connectivity index (χ3v) is 6.78. The summed E-state index contributed by atoms with van der Waals surface area (Å²) in [6, 6.07) is 20.8. The zero-order valence-corrected chi connectivity index (χ0v) is 19.7. The second-order valence-electron chi connectivity index (χ2n) is 8.39. The summed E-state index contributed by atoms with van der Waals surface area (Å²) >= 11 is 6.06. The van der Waals surface area contributed by atoms with E-state index in [4.69, 9.17) is 21.1 Å². The van der Waals surface area contributed by atoms with E-state index in [1.807, 2.05) is 24.3 Å². The van der Waals surface area contributed by atoms with Gasteiger partial charge in [-0.15, -0.1) is 0 Å². The van der Waals surface area contributed by atoms with Crippen LogP contribution in [-0.4, -0.2) is 37.3 Å². The lowest BCUT2D eigenvalue weighted by atomic mass is 9.88. The van der Waals surface area contributed by atoms with Crippen molar-refractivity contribution >= 4 is 28.2 Å². The molecular formula is C27H28ClN3O2. The molecule has 170 valence electrons. The van der Waals surface area contributed by atoms with Gasteiger partial charge in [0.05, 0.1) is 20.9 Å². The van der Waals surface area contributed by atoms with Crippen molar-refractivity contribution in [2.45, 2.75) is 18.9 Å². The molecule has 33 heavy (non-hydrogen) atoms. The van der Waals surface area contributed by atoms with E-state index in [0.717, 1.165) is 48.3 Å². The molecule has 0 unspecified atom stereocenters. The Hall–Kier alpha value is -3.15. The van der Waals surface area contributed by atoms with Gasteiger partial charge in [-0.05, 0) is 72.0 Å². The Kier molecular flexibility index (Phi) is 6.16. The quantitative estimate of drug-likeness (QED) is 0.351. The number of nitrogens with one attached hydrogen (secondary N) is 2. The van der Waals surface area contributed by atoms with Crippen molar-refractivity contribution in [3.63, 3.8) is 0 Å². The molecule has 5 rings (SSSR count). The normalized spacial score (nSPS) is 15.9. The van der Waals surface area contributed by atoms with Crippen LogP contribution in [0.3, 0.4) is 0 Å². The van der Waals surface area contributed by atoms with Crippen LogP contribution < -0.4 is 14.8 Å². The number of benzene rings is 3. The van der Waals surface area contributed by atoms with Crippen LogP contribution in [0.2, 0.25) is 5.02 Å². The SMILES string of the molecule is COc1cc2c(cc1OC)[C@@H](Cc1c[nH]c3ccccc13)N(CNc1ccc(Cl)cc1)CC2. The first-order valence-electron chi connectivity index (χ1n) is 11.2. The second-order valence-corrected chi connectivity index (χ2v) is 8.83. The Morgan fingerprint density at radius 1 is 1.03 bits per heavy atom. The maximum absolute atomic E-state index is 6.06. The summed E-state index contributed by atoms with van der Waals surface area (Å²) in [6.45, 7) is 1.69. The predicted molar refractivity (Wildman–Crippen MR) is 135 cm³/mol. The van der Waals surface area contributed by atoms with E-state index in [2.05, 4.69) is 57.8 Å². The molecule has 1 atom stereocenters. The van der Waals surface area contributed by atoms with E-state index < -0.39 is 0 Å². The molecule has 4 aromatic rings. The molecular weight excluding hydrogens is 434 g/mol. The van der Waals surface area contributed by atoms with Gasteiger partial charge in [-0.25, -0.2) is 0 Å². The molecule has 0 saturated heterocycles. The topological polar surface area (TPSA) is 49.5 Å². The molecule has 3 aromatic carbocycles. The fourth-order valence-corrected chi connectivity index (χ4v) is 4.90. The first-order chi connectivity index (χ1) is 16.2. The van der Waals surface area contributed by atoms with Crippen molar-refractivity contribution in [2.24, 2.45) is 0 Å². The summed E-state index contributed by atoms with van der Waals surface area (Å²) in [6.07, 6.45) is 4.00. The van der Waals surface area contributed by atoms with Gasteiger partial charge in [0, 0.05) is 40.4 Å². The average molecular weight is 462 g/mol. The Bertz CT molecular complexity index is 1250. The molecule has 1 aromatic heterocycles. The van der Waals surface area contributed by atoms with E-state index >= 15 is 0 Å². The number of halogens is 1. The highest BCUT2D eigenvalue weighted by atomic mass is 35.5. The number of aromatic amines is 1. The monoisotopic (exact) mass is 461 g/mol. The number of ether oxygens (including phenoxy) is 2. The first-order valence-corrected chi connectivity index (χ1v) is 11.6. The Morgan fingerprint density at radius 3 is 2.58 bits per heavy atom. The maximum atomic E-state index is 6.06. The van der Waals surface area contributed by atoms with Crippen molar-refractivity contribution in [2.75, 3.05) is 32.7 Å². The van der Waals surface area contributed by atoms with E-state index in [0.29, 0.717) is 0 Å². The Morgan fingerprint density at radius 2 is 1.79 bits per heavy atom. The number of fused-ring (bicyclic) bond motifs is 2. The number of nitrogens with zero attached hydrogens (tertiary/aromatic N) is 1. The van der Waals surface area contributed by atoms with Gasteiger partial charge in [-0.1, -0.05) is 29.8 Å². The zero-order chi connectivity index (χ0) is 22.8. The molecule has 1 aliphatic rings. The van der Waals surface area contributed by atoms with Crippen molar-refractivity contribution in [3.05, 3.63) is 88.6 Å². The Balaban J connectivity index is 1.49. The maximum Gasteiger partial charge on any atom is 0.161 e.